The second-order valence-electron chi connectivity index (χ2n) is 9.03. The third kappa shape index (κ3) is 4.67. The molecule has 2 saturated carbocycles. The van der Waals surface area contributed by atoms with Gasteiger partial charge in [0, 0.05) is 31.9 Å². The van der Waals surface area contributed by atoms with E-state index in [0.717, 1.165) is 44.3 Å². The molecule has 152 valence electrons. The minimum Gasteiger partial charge on any atom is -0.490 e. The van der Waals surface area contributed by atoms with Gasteiger partial charge in [-0.25, -0.2) is 0 Å². The van der Waals surface area contributed by atoms with Crippen molar-refractivity contribution in [3.63, 3.8) is 0 Å². The summed E-state index contributed by atoms with van der Waals surface area (Å²) in [6.45, 7) is 8.20. The van der Waals surface area contributed by atoms with Gasteiger partial charge >= 0.3 is 0 Å². The number of ether oxygens (including phenoxy) is 1. The van der Waals surface area contributed by atoms with E-state index in [2.05, 4.69) is 59.3 Å². The number of hydrogen-bond acceptors (Lipinski definition) is 3. The quantitative estimate of drug-likeness (QED) is 0.673. The first-order valence-corrected chi connectivity index (χ1v) is 11.2. The Hall–Kier alpha value is -2.26. The fourth-order valence-corrected chi connectivity index (χ4v) is 4.29. The van der Waals surface area contributed by atoms with Crippen molar-refractivity contribution >= 4 is 0 Å². The molecule has 1 N–H and O–H groups in total. The van der Waals surface area contributed by atoms with Crippen LogP contribution in [0.2, 0.25) is 0 Å². The summed E-state index contributed by atoms with van der Waals surface area (Å²) in [6.07, 6.45) is 7.93. The summed E-state index contributed by atoms with van der Waals surface area (Å²) in [4.78, 5) is 2.55. The van der Waals surface area contributed by atoms with Crippen molar-refractivity contribution in [2.75, 3.05) is 6.54 Å². The van der Waals surface area contributed by atoms with Gasteiger partial charge in [-0.15, -0.1) is 0 Å². The molecule has 0 radical (unpaired) electrons. The lowest BCUT2D eigenvalue weighted by atomic mass is 9.95. The van der Waals surface area contributed by atoms with Gasteiger partial charge in [0.15, 0.2) is 0 Å². The lowest BCUT2D eigenvalue weighted by Gasteiger charge is -2.30. The van der Waals surface area contributed by atoms with Crippen molar-refractivity contribution in [2.45, 2.75) is 64.3 Å². The number of allylic oxidation sites excluding steroid dienone is 1. The number of nitrogens with zero attached hydrogens (tertiary/aromatic N) is 1. The second-order valence-corrected chi connectivity index (χ2v) is 9.03. The van der Waals surface area contributed by atoms with Gasteiger partial charge in [-0.1, -0.05) is 36.9 Å². The summed E-state index contributed by atoms with van der Waals surface area (Å²) in [6, 6.07) is 15.8. The van der Waals surface area contributed by atoms with Crippen LogP contribution in [0.3, 0.4) is 0 Å². The molecule has 2 aromatic carbocycles. The highest BCUT2D eigenvalue weighted by atomic mass is 16.5. The molecule has 1 aliphatic heterocycles. The maximum absolute atomic E-state index is 6.08. The van der Waals surface area contributed by atoms with Gasteiger partial charge < -0.3 is 10.1 Å². The normalized spacial score (nSPS) is 19.3. The maximum Gasteiger partial charge on any atom is 0.120 e. The van der Waals surface area contributed by atoms with E-state index >= 15 is 0 Å². The van der Waals surface area contributed by atoms with Crippen LogP contribution in [0.15, 0.2) is 54.7 Å². The van der Waals surface area contributed by atoms with Crippen molar-refractivity contribution in [2.24, 2.45) is 5.92 Å². The number of hydrogen-bond donors (Lipinski definition) is 1. The zero-order valence-electron chi connectivity index (χ0n) is 17.3. The van der Waals surface area contributed by atoms with E-state index < -0.39 is 0 Å². The Balaban J connectivity index is 1.14. The fourth-order valence-electron chi connectivity index (χ4n) is 4.29. The van der Waals surface area contributed by atoms with Gasteiger partial charge in [-0.05, 0) is 78.8 Å². The molecule has 3 heteroatoms. The highest BCUT2D eigenvalue weighted by Gasteiger charge is 2.24. The molecular formula is C26H32N2O. The molecule has 29 heavy (non-hydrogen) atoms. The zero-order valence-corrected chi connectivity index (χ0v) is 17.3. The molecule has 5 rings (SSSR count). The predicted octanol–water partition coefficient (Wildman–Crippen LogP) is 5.19. The van der Waals surface area contributed by atoms with E-state index in [9.17, 15) is 0 Å². The molecular weight excluding hydrogens is 356 g/mol. The predicted molar refractivity (Wildman–Crippen MR) is 118 cm³/mol. The van der Waals surface area contributed by atoms with Crippen LogP contribution in [0, 0.1) is 5.92 Å². The third-order valence-corrected chi connectivity index (χ3v) is 6.64. The summed E-state index contributed by atoms with van der Waals surface area (Å²) in [7, 11) is 0. The Morgan fingerprint density at radius 1 is 1.00 bits per heavy atom. The molecule has 0 atom stereocenters. The van der Waals surface area contributed by atoms with Crippen LogP contribution >= 0.6 is 0 Å². The van der Waals surface area contributed by atoms with Crippen LogP contribution in [-0.4, -0.2) is 17.5 Å². The first-order valence-electron chi connectivity index (χ1n) is 11.2. The minimum absolute atomic E-state index is 0.457. The number of rotatable bonds is 8. The molecule has 0 spiro atoms. The molecule has 3 nitrogen and oxygen atoms in total. The van der Waals surface area contributed by atoms with Gasteiger partial charge in [0.2, 0.25) is 0 Å². The van der Waals surface area contributed by atoms with Crippen molar-refractivity contribution in [1.29, 1.82) is 0 Å². The maximum atomic E-state index is 6.08. The Kier molecular flexibility index (Phi) is 5.32. The molecule has 0 saturated heterocycles. The zero-order chi connectivity index (χ0) is 19.6. The van der Waals surface area contributed by atoms with Crippen LogP contribution in [0.5, 0.6) is 5.75 Å². The summed E-state index contributed by atoms with van der Waals surface area (Å²) < 4.78 is 6.08. The van der Waals surface area contributed by atoms with Crippen molar-refractivity contribution in [3.05, 3.63) is 77.0 Å². The van der Waals surface area contributed by atoms with E-state index in [1.54, 1.807) is 0 Å². The molecule has 2 aromatic rings. The lowest BCUT2D eigenvalue weighted by molar-refractivity contribution is 0.120. The lowest BCUT2D eigenvalue weighted by Crippen LogP contribution is -2.30. The van der Waals surface area contributed by atoms with E-state index in [1.807, 2.05) is 0 Å². The molecule has 3 aliphatic rings. The van der Waals surface area contributed by atoms with Crippen LogP contribution in [0.4, 0.5) is 0 Å². The van der Waals surface area contributed by atoms with Gasteiger partial charge in [-0.2, -0.15) is 0 Å². The topological polar surface area (TPSA) is 24.5 Å². The minimum atomic E-state index is 0.457. The molecule has 0 aromatic heterocycles. The first kappa shape index (κ1) is 18.7. The van der Waals surface area contributed by atoms with Crippen LogP contribution in [0.25, 0.3) is 0 Å². The first-order chi connectivity index (χ1) is 14.2. The molecule has 0 amide bonds. The number of fused-ring (bicyclic) bond motifs is 1. The molecule has 2 fully saturated rings. The Bertz CT molecular complexity index is 865. The fraction of sp³-hybridized carbons (Fsp3) is 0.462. The van der Waals surface area contributed by atoms with Gasteiger partial charge in [0.05, 0.1) is 6.10 Å². The smallest absolute Gasteiger partial charge is 0.120 e. The van der Waals surface area contributed by atoms with E-state index in [0.29, 0.717) is 6.10 Å². The highest BCUT2D eigenvalue weighted by Crippen LogP contribution is 2.34. The van der Waals surface area contributed by atoms with Crippen molar-refractivity contribution < 1.29 is 4.74 Å². The highest BCUT2D eigenvalue weighted by molar-refractivity contribution is 5.37. The van der Waals surface area contributed by atoms with E-state index in [-0.39, 0.29) is 0 Å². The van der Waals surface area contributed by atoms with Crippen molar-refractivity contribution in [1.82, 2.24) is 10.2 Å². The van der Waals surface area contributed by atoms with Crippen LogP contribution in [0.1, 0.15) is 54.4 Å². The van der Waals surface area contributed by atoms with Crippen LogP contribution < -0.4 is 10.1 Å². The second kappa shape index (κ2) is 8.23. The van der Waals surface area contributed by atoms with Crippen LogP contribution in [-0.2, 0) is 26.1 Å². The summed E-state index contributed by atoms with van der Waals surface area (Å²) in [5.74, 6) is 1.78. The SMILES string of the molecule is C=C(NCc1ccc(CN2CCc3cc(OC4CCC4)ccc3C2)cc1)C1CC1. The largest absolute Gasteiger partial charge is 0.490 e. The molecule has 1 heterocycles. The standard InChI is InChI=1S/C26H32N2O/c1-19(22-9-10-22)27-16-20-5-7-21(8-6-20)17-28-14-13-23-15-26(12-11-24(23)18-28)29-25-3-2-4-25/h5-8,11-12,15,22,25,27H,1-4,9-10,13-14,16-18H2. The van der Waals surface area contributed by atoms with Gasteiger partial charge in [0.25, 0.3) is 0 Å². The Morgan fingerprint density at radius 2 is 1.79 bits per heavy atom. The summed E-state index contributed by atoms with van der Waals surface area (Å²) in [5.41, 5.74) is 6.86. The molecule has 0 unspecified atom stereocenters. The van der Waals surface area contributed by atoms with Crippen molar-refractivity contribution in [3.8, 4) is 5.75 Å². The van der Waals surface area contributed by atoms with Gasteiger partial charge in [0.1, 0.15) is 5.75 Å². The Morgan fingerprint density at radius 3 is 2.52 bits per heavy atom. The average molecular weight is 389 g/mol. The average Bonchev–Trinajstić information content (AvgIpc) is 3.55. The molecule has 2 aliphatic carbocycles. The third-order valence-electron chi connectivity index (χ3n) is 6.64. The summed E-state index contributed by atoms with van der Waals surface area (Å²) in [5, 5.41) is 3.48. The number of benzene rings is 2. The monoisotopic (exact) mass is 388 g/mol. The number of nitrogens with one attached hydrogen (secondary N) is 1. The Labute approximate surface area is 174 Å². The van der Waals surface area contributed by atoms with Gasteiger partial charge in [-0.3, -0.25) is 4.90 Å². The molecule has 0 bridgehead atoms. The summed E-state index contributed by atoms with van der Waals surface area (Å²) >= 11 is 0. The van der Waals surface area contributed by atoms with E-state index in [4.69, 9.17) is 4.74 Å². The van der Waals surface area contributed by atoms with E-state index in [1.165, 1.54) is 60.1 Å².